The number of benzene rings is 1. The fourth-order valence-electron chi connectivity index (χ4n) is 6.05. The largest absolute Gasteiger partial charge is 0.354 e. The lowest BCUT2D eigenvalue weighted by atomic mass is 9.76. The van der Waals surface area contributed by atoms with Crippen LogP contribution in [0.25, 0.3) is 5.69 Å². The SMILES string of the molecule is CC(C)(N)C(=O)N1CCN(C(=O)Nc2ccn(-c3ccc(CNC45CC(CN)C(C4)C5)cc3)c(=O)n2)CC1. The second-order valence-electron chi connectivity index (χ2n) is 11.6. The molecule has 1 aromatic carbocycles. The van der Waals surface area contributed by atoms with Crippen LogP contribution < -0.4 is 27.8 Å². The summed E-state index contributed by atoms with van der Waals surface area (Å²) >= 11 is 0. The predicted octanol–water partition coefficient (Wildman–Crippen LogP) is 0.863. The fraction of sp³-hybridized carbons (Fsp3) is 0.556. The molecule has 204 valence electrons. The van der Waals surface area contributed by atoms with Crippen molar-refractivity contribution in [3.05, 3.63) is 52.6 Å². The molecule has 2 heterocycles. The Bertz CT molecular complexity index is 1240. The van der Waals surface area contributed by atoms with E-state index in [1.54, 1.807) is 35.9 Å². The number of carbonyl (C=O) groups excluding carboxylic acids is 2. The number of rotatable bonds is 7. The van der Waals surface area contributed by atoms with Crippen molar-refractivity contribution in [2.24, 2.45) is 23.3 Å². The monoisotopic (exact) mass is 522 g/mol. The van der Waals surface area contributed by atoms with Gasteiger partial charge >= 0.3 is 11.7 Å². The molecule has 1 unspecified atom stereocenters. The second-order valence-corrected chi connectivity index (χ2v) is 11.6. The Hall–Kier alpha value is -3.28. The first-order valence-electron chi connectivity index (χ1n) is 13.4. The molecule has 0 radical (unpaired) electrons. The lowest BCUT2D eigenvalue weighted by Gasteiger charge is -2.39. The van der Waals surface area contributed by atoms with Crippen molar-refractivity contribution in [1.82, 2.24) is 24.7 Å². The van der Waals surface area contributed by atoms with Crippen molar-refractivity contribution in [2.45, 2.75) is 50.7 Å². The molecule has 1 aromatic heterocycles. The number of nitrogens with one attached hydrogen (secondary N) is 2. The van der Waals surface area contributed by atoms with Crippen LogP contribution in [0.4, 0.5) is 10.6 Å². The van der Waals surface area contributed by atoms with E-state index < -0.39 is 11.2 Å². The van der Waals surface area contributed by atoms with Crippen LogP contribution >= 0.6 is 0 Å². The first kappa shape index (κ1) is 26.3. The number of carbonyl (C=O) groups is 2. The summed E-state index contributed by atoms with van der Waals surface area (Å²) in [6, 6.07) is 9.08. The van der Waals surface area contributed by atoms with Crippen LogP contribution in [-0.4, -0.2) is 75.1 Å². The lowest BCUT2D eigenvalue weighted by Crippen LogP contribution is -2.58. The van der Waals surface area contributed by atoms with Crippen LogP contribution in [0.15, 0.2) is 41.3 Å². The van der Waals surface area contributed by atoms with Crippen molar-refractivity contribution >= 4 is 17.8 Å². The molecule has 11 heteroatoms. The van der Waals surface area contributed by atoms with E-state index >= 15 is 0 Å². The Morgan fingerprint density at radius 1 is 1.05 bits per heavy atom. The zero-order valence-corrected chi connectivity index (χ0v) is 22.2. The van der Waals surface area contributed by atoms with Crippen LogP contribution in [-0.2, 0) is 11.3 Å². The third kappa shape index (κ3) is 5.31. The summed E-state index contributed by atoms with van der Waals surface area (Å²) in [5.41, 5.74) is 12.5. The Kier molecular flexibility index (Phi) is 7.01. The second kappa shape index (κ2) is 10.1. The highest BCUT2D eigenvalue weighted by Crippen LogP contribution is 2.55. The van der Waals surface area contributed by atoms with Gasteiger partial charge in [0, 0.05) is 44.5 Å². The van der Waals surface area contributed by atoms with E-state index in [1.807, 2.05) is 24.3 Å². The van der Waals surface area contributed by atoms with Gasteiger partial charge < -0.3 is 26.6 Å². The minimum absolute atomic E-state index is 0.141. The average molecular weight is 523 g/mol. The van der Waals surface area contributed by atoms with Gasteiger partial charge in [0.2, 0.25) is 5.91 Å². The molecule has 1 aliphatic heterocycles. The van der Waals surface area contributed by atoms with E-state index in [2.05, 4.69) is 15.6 Å². The van der Waals surface area contributed by atoms with Crippen molar-refractivity contribution in [1.29, 1.82) is 0 Å². The zero-order valence-electron chi connectivity index (χ0n) is 22.2. The van der Waals surface area contributed by atoms with Crippen molar-refractivity contribution < 1.29 is 9.59 Å². The molecule has 0 spiro atoms. The fourth-order valence-corrected chi connectivity index (χ4v) is 6.05. The van der Waals surface area contributed by atoms with Crippen LogP contribution in [0.3, 0.4) is 0 Å². The Morgan fingerprint density at radius 3 is 2.29 bits per heavy atom. The molecular formula is C27H38N8O3. The number of nitrogens with zero attached hydrogens (tertiary/aromatic N) is 4. The first-order valence-corrected chi connectivity index (χ1v) is 13.4. The number of hydrogen-bond acceptors (Lipinski definition) is 7. The highest BCUT2D eigenvalue weighted by molar-refractivity contribution is 5.89. The van der Waals surface area contributed by atoms with E-state index in [1.165, 1.54) is 23.8 Å². The average Bonchev–Trinajstić information content (AvgIpc) is 3.42. The minimum atomic E-state index is -0.945. The van der Waals surface area contributed by atoms with E-state index in [-0.39, 0.29) is 23.3 Å². The molecule has 6 rings (SSSR count). The Balaban J connectivity index is 1.14. The van der Waals surface area contributed by atoms with Crippen LogP contribution in [0.2, 0.25) is 0 Å². The molecule has 2 aromatic rings. The van der Waals surface area contributed by atoms with E-state index in [0.29, 0.717) is 37.8 Å². The smallest absolute Gasteiger partial charge is 0.338 e. The van der Waals surface area contributed by atoms with Gasteiger partial charge in [-0.3, -0.25) is 14.7 Å². The number of nitrogens with two attached hydrogens (primary N) is 2. The summed E-state index contributed by atoms with van der Waals surface area (Å²) in [6.45, 7) is 6.47. The number of fused-ring (bicyclic) bond motifs is 1. The maximum absolute atomic E-state index is 12.7. The van der Waals surface area contributed by atoms with Crippen molar-refractivity contribution in [3.63, 3.8) is 0 Å². The number of urea groups is 1. The molecule has 1 saturated heterocycles. The first-order chi connectivity index (χ1) is 18.1. The van der Waals surface area contributed by atoms with Crippen molar-refractivity contribution in [3.8, 4) is 5.69 Å². The third-order valence-corrected chi connectivity index (χ3v) is 8.25. The molecule has 3 amide bonds. The number of amides is 3. The molecule has 11 nitrogen and oxygen atoms in total. The third-order valence-electron chi connectivity index (χ3n) is 8.25. The van der Waals surface area contributed by atoms with Crippen LogP contribution in [0, 0.1) is 11.8 Å². The maximum atomic E-state index is 12.7. The molecule has 4 fully saturated rings. The highest BCUT2D eigenvalue weighted by Gasteiger charge is 2.54. The van der Waals surface area contributed by atoms with Gasteiger partial charge in [-0.05, 0) is 75.3 Å². The van der Waals surface area contributed by atoms with Crippen LogP contribution in [0.1, 0.15) is 38.7 Å². The maximum Gasteiger partial charge on any atom is 0.354 e. The molecule has 6 N–H and O–H groups in total. The molecule has 3 saturated carbocycles. The van der Waals surface area contributed by atoms with Gasteiger partial charge in [0.25, 0.3) is 0 Å². The Morgan fingerprint density at radius 2 is 1.71 bits per heavy atom. The number of aromatic nitrogens is 2. The normalized spacial score (nSPS) is 24.7. The van der Waals surface area contributed by atoms with Gasteiger partial charge in [-0.1, -0.05) is 12.1 Å². The van der Waals surface area contributed by atoms with E-state index in [4.69, 9.17) is 11.5 Å². The van der Waals surface area contributed by atoms with Crippen molar-refractivity contribution in [2.75, 3.05) is 38.0 Å². The minimum Gasteiger partial charge on any atom is -0.338 e. The van der Waals surface area contributed by atoms with Gasteiger partial charge in [-0.2, -0.15) is 4.98 Å². The summed E-state index contributed by atoms with van der Waals surface area (Å²) in [4.78, 5) is 45.0. The van der Waals surface area contributed by atoms with Gasteiger partial charge in [-0.25, -0.2) is 9.59 Å². The summed E-state index contributed by atoms with van der Waals surface area (Å²) in [6.07, 6.45) is 5.22. The number of anilines is 1. The quantitative estimate of drug-likeness (QED) is 0.421. The van der Waals surface area contributed by atoms with Gasteiger partial charge in [-0.15, -0.1) is 0 Å². The molecule has 4 aliphatic rings. The molecule has 2 bridgehead atoms. The lowest BCUT2D eigenvalue weighted by molar-refractivity contribution is -0.137. The van der Waals surface area contributed by atoms with Gasteiger partial charge in [0.05, 0.1) is 11.2 Å². The molecular weight excluding hydrogens is 484 g/mol. The molecule has 38 heavy (non-hydrogen) atoms. The standard InChI is InChI=1S/C27H38N8O3/c1-26(2,29)23(36)33-9-11-34(12-10-33)24(37)31-22-7-8-35(25(38)32-22)21-5-3-18(4-6-21)17-30-27-13-19(14-27)20(15-27)16-28/h3-8,19-20,30H,9-17,28-29H2,1-2H3,(H,31,32,37,38). The predicted molar refractivity (Wildman–Crippen MR) is 145 cm³/mol. The summed E-state index contributed by atoms with van der Waals surface area (Å²) < 4.78 is 1.45. The summed E-state index contributed by atoms with van der Waals surface area (Å²) in [7, 11) is 0. The van der Waals surface area contributed by atoms with E-state index in [9.17, 15) is 14.4 Å². The van der Waals surface area contributed by atoms with Crippen LogP contribution in [0.5, 0.6) is 0 Å². The summed E-state index contributed by atoms with van der Waals surface area (Å²) in [5.74, 6) is 1.48. The Labute approximate surface area is 222 Å². The number of hydrogen-bond donors (Lipinski definition) is 4. The summed E-state index contributed by atoms with van der Waals surface area (Å²) in [5, 5.41) is 6.43. The number of piperazine rings is 1. The van der Waals surface area contributed by atoms with Gasteiger partial charge in [0.15, 0.2) is 0 Å². The van der Waals surface area contributed by atoms with Gasteiger partial charge in [0.1, 0.15) is 5.82 Å². The van der Waals surface area contributed by atoms with E-state index in [0.717, 1.165) is 24.6 Å². The zero-order chi connectivity index (χ0) is 27.1. The molecule has 1 atom stereocenters. The topological polar surface area (TPSA) is 152 Å². The molecule has 3 aliphatic carbocycles. The highest BCUT2D eigenvalue weighted by atomic mass is 16.2.